The molecule has 0 spiro atoms. The SMILES string of the molecule is COc1cc(C2(NC(=O)c3cc(OC[C@@H]4CCCN4C(=O)OC(C)(C)C)ccc3C)CC2)c2cccnc2c1. The van der Waals surface area contributed by atoms with Gasteiger partial charge in [-0.3, -0.25) is 9.78 Å². The predicted octanol–water partition coefficient (Wildman–Crippen LogP) is 5.75. The lowest BCUT2D eigenvalue weighted by Gasteiger charge is -2.28. The Morgan fingerprint density at radius 3 is 2.64 bits per heavy atom. The fraction of sp³-hybridized carbons (Fsp3) is 0.452. The van der Waals surface area contributed by atoms with Gasteiger partial charge in [0, 0.05) is 29.8 Å². The summed E-state index contributed by atoms with van der Waals surface area (Å²) in [6.07, 6.45) is 4.89. The monoisotopic (exact) mass is 531 g/mol. The van der Waals surface area contributed by atoms with Gasteiger partial charge in [-0.1, -0.05) is 12.1 Å². The van der Waals surface area contributed by atoms with Crippen LogP contribution >= 0.6 is 0 Å². The Morgan fingerprint density at radius 2 is 1.92 bits per heavy atom. The number of hydrogen-bond donors (Lipinski definition) is 1. The Bertz CT molecular complexity index is 1390. The first-order chi connectivity index (χ1) is 18.6. The molecular weight excluding hydrogens is 494 g/mol. The highest BCUT2D eigenvalue weighted by Crippen LogP contribution is 2.49. The molecule has 1 saturated carbocycles. The molecule has 2 amide bonds. The van der Waals surface area contributed by atoms with Crippen LogP contribution in [0.25, 0.3) is 10.9 Å². The first-order valence-electron chi connectivity index (χ1n) is 13.6. The minimum Gasteiger partial charge on any atom is -0.497 e. The lowest BCUT2D eigenvalue weighted by atomic mass is 9.97. The maximum absolute atomic E-state index is 13.6. The lowest BCUT2D eigenvalue weighted by molar-refractivity contribution is 0.0187. The Balaban J connectivity index is 1.31. The number of ether oxygens (including phenoxy) is 3. The summed E-state index contributed by atoms with van der Waals surface area (Å²) < 4.78 is 17.2. The van der Waals surface area contributed by atoms with Gasteiger partial charge in [-0.05, 0) is 88.8 Å². The standard InChI is InChI=1S/C31H37N3O5/c1-20-10-11-22(38-19-21-8-7-15-34(21)29(36)39-30(2,3)4)16-25(20)28(35)33-31(12-13-31)26-17-23(37-5)18-27-24(26)9-6-14-32-27/h6,9-11,14,16-18,21H,7-8,12-13,15,19H2,1-5H3,(H,33,35)/t21-/m0/s1. The van der Waals surface area contributed by atoms with E-state index in [1.54, 1.807) is 24.3 Å². The summed E-state index contributed by atoms with van der Waals surface area (Å²) in [5, 5.41) is 4.32. The molecule has 2 aromatic carbocycles. The number of methoxy groups -OCH3 is 1. The molecule has 1 saturated heterocycles. The Hall–Kier alpha value is -3.81. The quantitative estimate of drug-likeness (QED) is 0.418. The van der Waals surface area contributed by atoms with Crippen molar-refractivity contribution in [2.24, 2.45) is 0 Å². The minimum absolute atomic E-state index is 0.0666. The number of fused-ring (bicyclic) bond motifs is 1. The van der Waals surface area contributed by atoms with Crippen LogP contribution in [-0.4, -0.2) is 53.8 Å². The fourth-order valence-electron chi connectivity index (χ4n) is 5.24. The van der Waals surface area contributed by atoms with Crippen molar-refractivity contribution in [1.82, 2.24) is 15.2 Å². The third-order valence-electron chi connectivity index (χ3n) is 7.45. The summed E-state index contributed by atoms with van der Waals surface area (Å²) in [6.45, 7) is 8.52. The van der Waals surface area contributed by atoms with E-state index in [4.69, 9.17) is 14.2 Å². The van der Waals surface area contributed by atoms with E-state index in [0.717, 1.165) is 53.5 Å². The number of amides is 2. The highest BCUT2D eigenvalue weighted by Gasteiger charge is 2.47. The van der Waals surface area contributed by atoms with Crippen LogP contribution in [0.15, 0.2) is 48.7 Å². The van der Waals surface area contributed by atoms with E-state index in [-0.39, 0.29) is 18.0 Å². The first kappa shape index (κ1) is 26.8. The van der Waals surface area contributed by atoms with Crippen molar-refractivity contribution < 1.29 is 23.8 Å². The molecule has 2 heterocycles. The molecule has 2 aliphatic rings. The summed E-state index contributed by atoms with van der Waals surface area (Å²) in [5.41, 5.74) is 2.28. The molecule has 0 unspecified atom stereocenters. The zero-order chi connectivity index (χ0) is 27.8. The molecule has 0 radical (unpaired) electrons. The van der Waals surface area contributed by atoms with Crippen LogP contribution in [-0.2, 0) is 10.3 Å². The van der Waals surface area contributed by atoms with Gasteiger partial charge < -0.3 is 24.4 Å². The molecule has 3 aromatic rings. The number of nitrogens with zero attached hydrogens (tertiary/aromatic N) is 2. The molecule has 2 fully saturated rings. The van der Waals surface area contributed by atoms with Crippen molar-refractivity contribution >= 4 is 22.9 Å². The number of pyridine rings is 1. The van der Waals surface area contributed by atoms with Gasteiger partial charge in [0.05, 0.1) is 24.2 Å². The minimum atomic E-state index is -0.545. The van der Waals surface area contributed by atoms with Gasteiger partial charge in [0.25, 0.3) is 5.91 Å². The second-order valence-corrected chi connectivity index (χ2v) is 11.5. The van der Waals surface area contributed by atoms with Gasteiger partial charge in [-0.25, -0.2) is 4.79 Å². The number of nitrogens with one attached hydrogen (secondary N) is 1. The number of likely N-dealkylation sites (tertiary alicyclic amines) is 1. The molecule has 0 bridgehead atoms. The van der Waals surface area contributed by atoms with Crippen LogP contribution in [0.4, 0.5) is 4.79 Å². The summed E-state index contributed by atoms with van der Waals surface area (Å²) >= 11 is 0. The van der Waals surface area contributed by atoms with Crippen molar-refractivity contribution in [3.63, 3.8) is 0 Å². The number of benzene rings is 2. The van der Waals surface area contributed by atoms with Gasteiger partial charge >= 0.3 is 6.09 Å². The molecule has 1 N–H and O–H groups in total. The molecule has 8 nitrogen and oxygen atoms in total. The van der Waals surface area contributed by atoms with Gasteiger partial charge in [-0.2, -0.15) is 0 Å². The summed E-state index contributed by atoms with van der Waals surface area (Å²) in [5.74, 6) is 1.17. The van der Waals surface area contributed by atoms with Gasteiger partial charge in [-0.15, -0.1) is 0 Å². The van der Waals surface area contributed by atoms with Crippen molar-refractivity contribution in [2.45, 2.75) is 70.6 Å². The average molecular weight is 532 g/mol. The van der Waals surface area contributed by atoms with E-state index in [1.165, 1.54) is 0 Å². The predicted molar refractivity (Wildman–Crippen MR) is 149 cm³/mol. The summed E-state index contributed by atoms with van der Waals surface area (Å²) in [4.78, 5) is 32.5. The van der Waals surface area contributed by atoms with E-state index < -0.39 is 11.1 Å². The largest absolute Gasteiger partial charge is 0.497 e. The molecule has 1 aromatic heterocycles. The molecule has 1 atom stereocenters. The van der Waals surface area contributed by atoms with Crippen LogP contribution < -0.4 is 14.8 Å². The maximum atomic E-state index is 13.6. The van der Waals surface area contributed by atoms with Crippen molar-refractivity contribution in [3.05, 3.63) is 65.4 Å². The van der Waals surface area contributed by atoms with Gasteiger partial charge in [0.15, 0.2) is 0 Å². The maximum Gasteiger partial charge on any atom is 0.410 e. The number of hydrogen-bond acceptors (Lipinski definition) is 6. The van der Waals surface area contributed by atoms with Crippen LogP contribution in [0.3, 0.4) is 0 Å². The Kier molecular flexibility index (Phi) is 7.14. The summed E-state index contributed by atoms with van der Waals surface area (Å²) in [6, 6.07) is 13.4. The second-order valence-electron chi connectivity index (χ2n) is 11.5. The fourth-order valence-corrected chi connectivity index (χ4v) is 5.24. The van der Waals surface area contributed by atoms with E-state index >= 15 is 0 Å². The molecule has 8 heteroatoms. The van der Waals surface area contributed by atoms with Crippen LogP contribution in [0.5, 0.6) is 11.5 Å². The molecule has 206 valence electrons. The van der Waals surface area contributed by atoms with Crippen molar-refractivity contribution in [3.8, 4) is 11.5 Å². The lowest BCUT2D eigenvalue weighted by Crippen LogP contribution is -2.42. The number of rotatable bonds is 7. The van der Waals surface area contributed by atoms with E-state index in [0.29, 0.717) is 24.5 Å². The van der Waals surface area contributed by atoms with Crippen LogP contribution in [0, 0.1) is 6.92 Å². The number of aromatic nitrogens is 1. The highest BCUT2D eigenvalue weighted by molar-refractivity contribution is 5.97. The number of aryl methyl sites for hydroxylation is 1. The third kappa shape index (κ3) is 5.79. The highest BCUT2D eigenvalue weighted by atomic mass is 16.6. The van der Waals surface area contributed by atoms with Crippen LogP contribution in [0.2, 0.25) is 0 Å². The average Bonchev–Trinajstić information content (AvgIpc) is 3.51. The van der Waals surface area contributed by atoms with E-state index in [2.05, 4.69) is 10.3 Å². The molecule has 5 rings (SSSR count). The van der Waals surface area contributed by atoms with Crippen molar-refractivity contribution in [2.75, 3.05) is 20.3 Å². The zero-order valence-corrected chi connectivity index (χ0v) is 23.4. The second kappa shape index (κ2) is 10.4. The first-order valence-corrected chi connectivity index (χ1v) is 13.6. The Labute approximate surface area is 229 Å². The van der Waals surface area contributed by atoms with Crippen LogP contribution in [0.1, 0.15) is 67.9 Å². The number of carbonyl (C=O) groups excluding carboxylic acids is 2. The normalized spacial score (nSPS) is 18.1. The molecular formula is C31H37N3O5. The van der Waals surface area contributed by atoms with Gasteiger partial charge in [0.1, 0.15) is 23.7 Å². The summed E-state index contributed by atoms with van der Waals surface area (Å²) in [7, 11) is 1.64. The Morgan fingerprint density at radius 1 is 1.13 bits per heavy atom. The molecule has 39 heavy (non-hydrogen) atoms. The van der Waals surface area contributed by atoms with Crippen molar-refractivity contribution in [1.29, 1.82) is 0 Å². The third-order valence-corrected chi connectivity index (χ3v) is 7.45. The molecule has 1 aliphatic heterocycles. The number of carbonyl (C=O) groups is 2. The van der Waals surface area contributed by atoms with E-state index in [9.17, 15) is 9.59 Å². The van der Waals surface area contributed by atoms with Gasteiger partial charge in [0.2, 0.25) is 0 Å². The van der Waals surface area contributed by atoms with E-state index in [1.807, 2.05) is 64.1 Å². The molecule has 1 aliphatic carbocycles. The smallest absolute Gasteiger partial charge is 0.410 e. The zero-order valence-electron chi connectivity index (χ0n) is 23.4. The topological polar surface area (TPSA) is 90.0 Å².